The number of carbonyl (C=O) groups excluding carboxylic acids is 1. The summed E-state index contributed by atoms with van der Waals surface area (Å²) in [6.07, 6.45) is -2.29. The molecule has 1 rings (SSSR count). The van der Waals surface area contributed by atoms with Gasteiger partial charge in [-0.2, -0.15) is 0 Å². The topological polar surface area (TPSA) is 66.8 Å². The Balaban J connectivity index is 2.50. The van der Waals surface area contributed by atoms with E-state index in [-0.39, 0.29) is 6.61 Å². The highest BCUT2D eigenvalue weighted by atomic mass is 16.5. The minimum absolute atomic E-state index is 0.0462. The van der Waals surface area contributed by atoms with Gasteiger partial charge in [0.15, 0.2) is 6.29 Å². The second-order valence-corrected chi connectivity index (χ2v) is 1.99. The molecular formula is C5H8O4. The molecule has 0 radical (unpaired) electrons. The van der Waals surface area contributed by atoms with Crippen LogP contribution in [0.3, 0.4) is 0 Å². The Morgan fingerprint density at radius 2 is 2.22 bits per heavy atom. The number of hydrogen-bond acceptors (Lipinski definition) is 4. The molecule has 1 heterocycles. The van der Waals surface area contributed by atoms with Gasteiger partial charge in [-0.05, 0) is 0 Å². The molecule has 0 saturated carbocycles. The van der Waals surface area contributed by atoms with Gasteiger partial charge in [-0.1, -0.05) is 0 Å². The number of aliphatic hydroxyl groups is 2. The molecule has 0 amide bonds. The maximum atomic E-state index is 9.97. The monoisotopic (exact) mass is 132 g/mol. The average molecular weight is 132 g/mol. The smallest absolute Gasteiger partial charge is 0.151 e. The lowest BCUT2D eigenvalue weighted by molar-refractivity contribution is -0.119. The average Bonchev–Trinajstić information content (AvgIpc) is 2.15. The standard InChI is InChI=1S/C5H8O4/c6-1-4-5(8)3(7)2-9-4/h1,3-5,7-8H,2H2/t3-,4-,5-/m1/s1. The number of carbonyl (C=O) groups is 1. The van der Waals surface area contributed by atoms with Crippen LogP contribution in [-0.2, 0) is 9.53 Å². The van der Waals surface area contributed by atoms with E-state index in [1.165, 1.54) is 0 Å². The van der Waals surface area contributed by atoms with Gasteiger partial charge in [0.2, 0.25) is 0 Å². The first-order valence-electron chi connectivity index (χ1n) is 2.68. The van der Waals surface area contributed by atoms with E-state index in [1.807, 2.05) is 0 Å². The Morgan fingerprint density at radius 3 is 2.44 bits per heavy atom. The molecule has 2 N–H and O–H groups in total. The third-order valence-electron chi connectivity index (χ3n) is 1.32. The quantitative estimate of drug-likeness (QED) is 0.417. The van der Waals surface area contributed by atoms with Gasteiger partial charge in [0.25, 0.3) is 0 Å². The molecule has 3 atom stereocenters. The highest BCUT2D eigenvalue weighted by Crippen LogP contribution is 2.11. The van der Waals surface area contributed by atoms with Crippen molar-refractivity contribution in [3.63, 3.8) is 0 Å². The molecule has 0 bridgehead atoms. The zero-order chi connectivity index (χ0) is 6.85. The Bertz CT molecular complexity index is 114. The van der Waals surface area contributed by atoms with Crippen molar-refractivity contribution < 1.29 is 19.7 Å². The predicted molar refractivity (Wildman–Crippen MR) is 27.8 cm³/mol. The number of aldehydes is 1. The molecule has 0 aromatic carbocycles. The van der Waals surface area contributed by atoms with Crippen molar-refractivity contribution in [2.24, 2.45) is 0 Å². The van der Waals surface area contributed by atoms with Gasteiger partial charge in [0, 0.05) is 0 Å². The number of hydrogen-bond donors (Lipinski definition) is 2. The lowest BCUT2D eigenvalue weighted by Gasteiger charge is -2.06. The van der Waals surface area contributed by atoms with E-state index < -0.39 is 18.3 Å². The fraction of sp³-hybridized carbons (Fsp3) is 0.800. The lowest BCUT2D eigenvalue weighted by Crippen LogP contribution is -2.30. The molecule has 52 valence electrons. The fourth-order valence-electron chi connectivity index (χ4n) is 0.746. The molecule has 1 saturated heterocycles. The summed E-state index contributed by atoms with van der Waals surface area (Å²) < 4.78 is 4.66. The molecule has 0 unspecified atom stereocenters. The van der Waals surface area contributed by atoms with Crippen molar-refractivity contribution in [1.82, 2.24) is 0 Å². The number of aliphatic hydroxyl groups excluding tert-OH is 2. The number of rotatable bonds is 1. The number of ether oxygens (including phenoxy) is 1. The van der Waals surface area contributed by atoms with Crippen molar-refractivity contribution in [3.05, 3.63) is 0 Å². The zero-order valence-electron chi connectivity index (χ0n) is 4.73. The van der Waals surface area contributed by atoms with Gasteiger partial charge in [-0.15, -0.1) is 0 Å². The van der Waals surface area contributed by atoms with Gasteiger partial charge < -0.3 is 19.7 Å². The van der Waals surface area contributed by atoms with Crippen LogP contribution < -0.4 is 0 Å². The van der Waals surface area contributed by atoms with Crippen LogP contribution in [0.5, 0.6) is 0 Å². The largest absolute Gasteiger partial charge is 0.388 e. The van der Waals surface area contributed by atoms with E-state index >= 15 is 0 Å². The maximum Gasteiger partial charge on any atom is 0.151 e. The summed E-state index contributed by atoms with van der Waals surface area (Å²) in [5.41, 5.74) is 0. The molecule has 0 spiro atoms. The highest BCUT2D eigenvalue weighted by molar-refractivity contribution is 5.57. The molecule has 4 heteroatoms. The van der Waals surface area contributed by atoms with Gasteiger partial charge in [-0.3, -0.25) is 0 Å². The van der Waals surface area contributed by atoms with E-state index in [9.17, 15) is 4.79 Å². The lowest BCUT2D eigenvalue weighted by atomic mass is 10.2. The maximum absolute atomic E-state index is 9.97. The summed E-state index contributed by atoms with van der Waals surface area (Å²) in [6.45, 7) is 0.0462. The van der Waals surface area contributed by atoms with Crippen LogP contribution in [0, 0.1) is 0 Å². The minimum Gasteiger partial charge on any atom is -0.388 e. The van der Waals surface area contributed by atoms with Crippen molar-refractivity contribution >= 4 is 6.29 Å². The Labute approximate surface area is 52.1 Å². The third kappa shape index (κ3) is 1.10. The van der Waals surface area contributed by atoms with Crippen LogP contribution in [-0.4, -0.2) is 41.4 Å². The van der Waals surface area contributed by atoms with Crippen LogP contribution >= 0.6 is 0 Å². The summed E-state index contributed by atoms with van der Waals surface area (Å²) in [5, 5.41) is 17.6. The second-order valence-electron chi connectivity index (χ2n) is 1.99. The molecule has 4 nitrogen and oxygen atoms in total. The SMILES string of the molecule is O=C[C@H]1OC[C@@H](O)[C@H]1O. The molecular weight excluding hydrogens is 124 g/mol. The van der Waals surface area contributed by atoms with Crippen LogP contribution in [0.4, 0.5) is 0 Å². The van der Waals surface area contributed by atoms with Crippen LogP contribution in [0.2, 0.25) is 0 Å². The summed E-state index contributed by atoms with van der Waals surface area (Å²) >= 11 is 0. The summed E-state index contributed by atoms with van der Waals surface area (Å²) in [7, 11) is 0. The van der Waals surface area contributed by atoms with Crippen molar-refractivity contribution in [3.8, 4) is 0 Å². The first-order valence-corrected chi connectivity index (χ1v) is 2.68. The minimum atomic E-state index is -1.04. The molecule has 0 aliphatic carbocycles. The predicted octanol–water partition coefficient (Wildman–Crippen LogP) is -1.69. The second kappa shape index (κ2) is 2.43. The van der Waals surface area contributed by atoms with Gasteiger partial charge in [0.05, 0.1) is 6.61 Å². The van der Waals surface area contributed by atoms with Crippen LogP contribution in [0.15, 0.2) is 0 Å². The summed E-state index contributed by atoms with van der Waals surface area (Å²) in [4.78, 5) is 9.97. The Hall–Kier alpha value is -0.450. The van der Waals surface area contributed by atoms with E-state index in [1.54, 1.807) is 0 Å². The molecule has 1 aliphatic heterocycles. The van der Waals surface area contributed by atoms with E-state index in [4.69, 9.17) is 10.2 Å². The first-order chi connectivity index (χ1) is 4.25. The van der Waals surface area contributed by atoms with E-state index in [2.05, 4.69) is 4.74 Å². The molecule has 0 aromatic rings. The molecule has 9 heavy (non-hydrogen) atoms. The van der Waals surface area contributed by atoms with Crippen LogP contribution in [0.1, 0.15) is 0 Å². The normalized spacial score (nSPS) is 43.1. The summed E-state index contributed by atoms with van der Waals surface area (Å²) in [5.74, 6) is 0. The van der Waals surface area contributed by atoms with Crippen molar-refractivity contribution in [1.29, 1.82) is 0 Å². The zero-order valence-corrected chi connectivity index (χ0v) is 4.73. The first kappa shape index (κ1) is 6.67. The molecule has 0 aromatic heterocycles. The van der Waals surface area contributed by atoms with Gasteiger partial charge >= 0.3 is 0 Å². The molecule has 1 aliphatic rings. The fourth-order valence-corrected chi connectivity index (χ4v) is 0.746. The Morgan fingerprint density at radius 1 is 1.56 bits per heavy atom. The third-order valence-corrected chi connectivity index (χ3v) is 1.32. The van der Waals surface area contributed by atoms with Gasteiger partial charge in [0.1, 0.15) is 18.3 Å². The highest BCUT2D eigenvalue weighted by Gasteiger charge is 2.33. The van der Waals surface area contributed by atoms with Gasteiger partial charge in [-0.25, -0.2) is 0 Å². The van der Waals surface area contributed by atoms with E-state index in [0.717, 1.165) is 0 Å². The molecule has 1 fully saturated rings. The van der Waals surface area contributed by atoms with Crippen molar-refractivity contribution in [2.75, 3.05) is 6.61 Å². The van der Waals surface area contributed by atoms with E-state index in [0.29, 0.717) is 6.29 Å². The summed E-state index contributed by atoms with van der Waals surface area (Å²) in [6, 6.07) is 0. The van der Waals surface area contributed by atoms with Crippen molar-refractivity contribution in [2.45, 2.75) is 18.3 Å². The Kier molecular flexibility index (Phi) is 1.80. The van der Waals surface area contributed by atoms with Crippen LogP contribution in [0.25, 0.3) is 0 Å².